The fourth-order valence-electron chi connectivity index (χ4n) is 2.30. The summed E-state index contributed by atoms with van der Waals surface area (Å²) in [6.45, 7) is 2.58. The molecule has 0 radical (unpaired) electrons. The summed E-state index contributed by atoms with van der Waals surface area (Å²) < 4.78 is 5.74. The van der Waals surface area contributed by atoms with E-state index in [0.29, 0.717) is 5.15 Å². The second-order valence-corrected chi connectivity index (χ2v) is 5.20. The molecule has 1 aliphatic heterocycles. The summed E-state index contributed by atoms with van der Waals surface area (Å²) in [5, 5.41) is 3.77. The van der Waals surface area contributed by atoms with Crippen molar-refractivity contribution in [2.24, 2.45) is 0 Å². The number of rotatable bonds is 3. The molecule has 1 saturated heterocycles. The molecule has 5 heteroatoms. The number of benzene rings is 1. The van der Waals surface area contributed by atoms with E-state index in [1.807, 2.05) is 0 Å². The highest BCUT2D eigenvalue weighted by Gasteiger charge is 2.15. The van der Waals surface area contributed by atoms with E-state index < -0.39 is 0 Å². The average Bonchev–Trinajstić information content (AvgIpc) is 2.49. The first kappa shape index (κ1) is 13.5. The van der Waals surface area contributed by atoms with Crippen LogP contribution in [0.2, 0.25) is 5.15 Å². The average molecular weight is 290 g/mol. The highest BCUT2D eigenvalue weighted by atomic mass is 35.5. The van der Waals surface area contributed by atoms with Gasteiger partial charge in [-0.3, -0.25) is 4.98 Å². The lowest BCUT2D eigenvalue weighted by Gasteiger charge is -2.24. The summed E-state index contributed by atoms with van der Waals surface area (Å²) in [5.41, 5.74) is 3.27. The third-order valence-corrected chi connectivity index (χ3v) is 3.50. The quantitative estimate of drug-likeness (QED) is 0.942. The van der Waals surface area contributed by atoms with Crippen molar-refractivity contribution in [3.8, 4) is 0 Å². The van der Waals surface area contributed by atoms with Crippen molar-refractivity contribution in [3.63, 3.8) is 0 Å². The minimum absolute atomic E-state index is 0.156. The molecule has 3 rings (SSSR count). The molecular formula is C15H16ClN3O. The number of nitrogens with zero attached hydrogens (tertiary/aromatic N) is 2. The minimum atomic E-state index is 0.156. The SMILES string of the molecule is Clc1cncc(Cc2ccc([C@@H]3CNCCO3)cc2)n1. The molecule has 0 amide bonds. The Bertz CT molecular complexity index is 568. The van der Waals surface area contributed by atoms with Gasteiger partial charge in [0.25, 0.3) is 0 Å². The maximum Gasteiger partial charge on any atom is 0.147 e. The lowest BCUT2D eigenvalue weighted by Crippen LogP contribution is -2.33. The van der Waals surface area contributed by atoms with Gasteiger partial charge in [0.15, 0.2) is 0 Å². The second kappa shape index (κ2) is 6.31. The highest BCUT2D eigenvalue weighted by molar-refractivity contribution is 6.29. The molecular weight excluding hydrogens is 274 g/mol. The van der Waals surface area contributed by atoms with Crippen LogP contribution in [0.1, 0.15) is 22.9 Å². The molecule has 2 aromatic rings. The van der Waals surface area contributed by atoms with Gasteiger partial charge in [0, 0.05) is 25.7 Å². The molecule has 4 nitrogen and oxygen atoms in total. The van der Waals surface area contributed by atoms with Gasteiger partial charge in [0.2, 0.25) is 0 Å². The Hall–Kier alpha value is -1.49. The smallest absolute Gasteiger partial charge is 0.147 e. The predicted octanol–water partition coefficient (Wildman–Crippen LogP) is 2.38. The van der Waals surface area contributed by atoms with Gasteiger partial charge in [-0.1, -0.05) is 35.9 Å². The summed E-state index contributed by atoms with van der Waals surface area (Å²) in [6.07, 6.45) is 4.18. The van der Waals surface area contributed by atoms with Crippen molar-refractivity contribution >= 4 is 11.6 Å². The molecule has 0 saturated carbocycles. The topological polar surface area (TPSA) is 47.0 Å². The monoisotopic (exact) mass is 289 g/mol. The van der Waals surface area contributed by atoms with Crippen molar-refractivity contribution in [3.05, 3.63) is 58.6 Å². The van der Waals surface area contributed by atoms with E-state index in [9.17, 15) is 0 Å². The Labute approximate surface area is 123 Å². The summed E-state index contributed by atoms with van der Waals surface area (Å²) in [5.74, 6) is 0. The summed E-state index contributed by atoms with van der Waals surface area (Å²) >= 11 is 5.84. The lowest BCUT2D eigenvalue weighted by molar-refractivity contribution is 0.0277. The largest absolute Gasteiger partial charge is 0.371 e. The number of morpholine rings is 1. The number of aromatic nitrogens is 2. The van der Waals surface area contributed by atoms with Gasteiger partial charge >= 0.3 is 0 Å². The van der Waals surface area contributed by atoms with Crippen molar-refractivity contribution < 1.29 is 4.74 Å². The normalized spacial score (nSPS) is 18.9. The van der Waals surface area contributed by atoms with Crippen molar-refractivity contribution in [2.45, 2.75) is 12.5 Å². The summed E-state index contributed by atoms with van der Waals surface area (Å²) in [6, 6.07) is 8.45. The maximum absolute atomic E-state index is 5.84. The van der Waals surface area contributed by atoms with Gasteiger partial charge in [-0.2, -0.15) is 0 Å². The van der Waals surface area contributed by atoms with Crippen LogP contribution >= 0.6 is 11.6 Å². The van der Waals surface area contributed by atoms with Crippen molar-refractivity contribution in [1.82, 2.24) is 15.3 Å². The molecule has 1 N–H and O–H groups in total. The van der Waals surface area contributed by atoms with E-state index in [1.54, 1.807) is 12.4 Å². The van der Waals surface area contributed by atoms with Crippen LogP contribution in [0.4, 0.5) is 0 Å². The first-order chi connectivity index (χ1) is 9.81. The first-order valence-electron chi connectivity index (χ1n) is 6.69. The molecule has 1 aromatic carbocycles. The molecule has 1 aliphatic rings. The molecule has 104 valence electrons. The number of hydrogen-bond donors (Lipinski definition) is 1. The zero-order valence-corrected chi connectivity index (χ0v) is 11.8. The van der Waals surface area contributed by atoms with Gasteiger partial charge in [0.1, 0.15) is 5.15 Å². The number of hydrogen-bond acceptors (Lipinski definition) is 4. The van der Waals surface area contributed by atoms with Gasteiger partial charge in [-0.15, -0.1) is 0 Å². The maximum atomic E-state index is 5.84. The molecule has 1 atom stereocenters. The van der Waals surface area contributed by atoms with Crippen LogP contribution in [0.15, 0.2) is 36.7 Å². The van der Waals surface area contributed by atoms with Crippen LogP contribution in [0.5, 0.6) is 0 Å². The van der Waals surface area contributed by atoms with E-state index in [1.165, 1.54) is 11.1 Å². The van der Waals surface area contributed by atoms with Crippen LogP contribution in [-0.2, 0) is 11.2 Å². The minimum Gasteiger partial charge on any atom is -0.371 e. The van der Waals surface area contributed by atoms with E-state index in [0.717, 1.165) is 31.8 Å². The zero-order valence-electron chi connectivity index (χ0n) is 11.1. The van der Waals surface area contributed by atoms with Crippen LogP contribution < -0.4 is 5.32 Å². The number of halogens is 1. The van der Waals surface area contributed by atoms with Crippen LogP contribution in [-0.4, -0.2) is 29.7 Å². The Morgan fingerprint density at radius 2 is 2.10 bits per heavy atom. The number of nitrogens with one attached hydrogen (secondary N) is 1. The highest BCUT2D eigenvalue weighted by Crippen LogP contribution is 2.20. The van der Waals surface area contributed by atoms with Gasteiger partial charge in [-0.05, 0) is 11.1 Å². The Morgan fingerprint density at radius 3 is 2.80 bits per heavy atom. The molecule has 0 spiro atoms. The standard InChI is InChI=1S/C15H16ClN3O/c16-15-10-18-8-13(19-15)7-11-1-3-12(4-2-11)14-9-17-5-6-20-14/h1-4,8,10,14,17H,5-7,9H2/t14-/m0/s1. The van der Waals surface area contributed by atoms with Gasteiger partial charge < -0.3 is 10.1 Å². The Morgan fingerprint density at radius 1 is 1.25 bits per heavy atom. The van der Waals surface area contributed by atoms with E-state index in [-0.39, 0.29) is 6.10 Å². The Kier molecular flexibility index (Phi) is 4.25. The summed E-state index contributed by atoms with van der Waals surface area (Å²) in [4.78, 5) is 8.30. The van der Waals surface area contributed by atoms with Crippen LogP contribution in [0, 0.1) is 0 Å². The second-order valence-electron chi connectivity index (χ2n) is 4.82. The molecule has 20 heavy (non-hydrogen) atoms. The van der Waals surface area contributed by atoms with Crippen LogP contribution in [0.25, 0.3) is 0 Å². The fraction of sp³-hybridized carbons (Fsp3) is 0.333. The molecule has 1 fully saturated rings. The lowest BCUT2D eigenvalue weighted by atomic mass is 10.0. The van der Waals surface area contributed by atoms with Crippen LogP contribution in [0.3, 0.4) is 0 Å². The van der Waals surface area contributed by atoms with Crippen molar-refractivity contribution in [1.29, 1.82) is 0 Å². The molecule has 0 aliphatic carbocycles. The van der Waals surface area contributed by atoms with E-state index >= 15 is 0 Å². The zero-order chi connectivity index (χ0) is 13.8. The first-order valence-corrected chi connectivity index (χ1v) is 7.06. The third kappa shape index (κ3) is 3.33. The van der Waals surface area contributed by atoms with E-state index in [2.05, 4.69) is 39.6 Å². The fourth-order valence-corrected chi connectivity index (χ4v) is 2.47. The predicted molar refractivity (Wildman–Crippen MR) is 77.9 cm³/mol. The molecule has 2 heterocycles. The molecule has 1 aromatic heterocycles. The Balaban J connectivity index is 1.69. The molecule has 0 bridgehead atoms. The summed E-state index contributed by atoms with van der Waals surface area (Å²) in [7, 11) is 0. The van der Waals surface area contributed by atoms with Crippen molar-refractivity contribution in [2.75, 3.05) is 19.7 Å². The molecule has 0 unspecified atom stereocenters. The van der Waals surface area contributed by atoms with Gasteiger partial charge in [-0.25, -0.2) is 4.98 Å². The van der Waals surface area contributed by atoms with E-state index in [4.69, 9.17) is 16.3 Å². The number of ether oxygens (including phenoxy) is 1. The van der Waals surface area contributed by atoms with Gasteiger partial charge in [0.05, 0.1) is 24.6 Å². The third-order valence-electron chi connectivity index (χ3n) is 3.32.